The van der Waals surface area contributed by atoms with Crippen LogP contribution in [0.4, 0.5) is 4.79 Å². The second-order valence-electron chi connectivity index (χ2n) is 22.8. The van der Waals surface area contributed by atoms with E-state index in [4.69, 9.17) is 28.7 Å². The number of aromatic nitrogens is 2. The van der Waals surface area contributed by atoms with Crippen LogP contribution in [0, 0.1) is 0 Å². The summed E-state index contributed by atoms with van der Waals surface area (Å²) in [5, 5.41) is 12.3. The molecule has 7 rings (SSSR count). The number of carbonyl (C=O) groups excluding carboxylic acids is 7. The monoisotopic (exact) mass is 1170 g/mol. The Kier molecular flexibility index (Phi) is 21.8. The van der Waals surface area contributed by atoms with Gasteiger partial charge in [-0.15, -0.1) is 0 Å². The number of benzene rings is 4. The van der Waals surface area contributed by atoms with Crippen molar-refractivity contribution < 1.29 is 67.1 Å². The van der Waals surface area contributed by atoms with E-state index in [1.165, 1.54) is 28.9 Å². The van der Waals surface area contributed by atoms with E-state index in [1.807, 2.05) is 108 Å². The molecular formula is C63H78N8O14. The minimum Gasteiger partial charge on any atom is -0.480 e. The molecule has 0 bridgehead atoms. The number of carboxylic acids is 1. The number of alkyl carbamates (subject to hydrolysis) is 1. The normalized spacial score (nSPS) is 16.2. The fourth-order valence-electron chi connectivity index (χ4n) is 10.5. The van der Waals surface area contributed by atoms with Crippen LogP contribution in [0.3, 0.4) is 0 Å². The highest BCUT2D eigenvalue weighted by atomic mass is 16.7. The highest BCUT2D eigenvalue weighted by molar-refractivity contribution is 5.96. The van der Waals surface area contributed by atoms with E-state index in [0.29, 0.717) is 11.3 Å². The quantitative estimate of drug-likeness (QED) is 0.0438. The highest BCUT2D eigenvalue weighted by Gasteiger charge is 2.45. The van der Waals surface area contributed by atoms with Crippen molar-refractivity contribution in [2.45, 2.75) is 109 Å². The van der Waals surface area contributed by atoms with Gasteiger partial charge < -0.3 is 63.2 Å². The molecule has 0 aliphatic carbocycles. The van der Waals surface area contributed by atoms with Gasteiger partial charge in [0.05, 0.1) is 37.3 Å². The Morgan fingerprint density at radius 2 is 1.20 bits per heavy atom. The van der Waals surface area contributed by atoms with E-state index in [1.54, 1.807) is 72.1 Å². The molecule has 0 unspecified atom stereocenters. The average Bonchev–Trinajstić information content (AvgIpc) is 2.28. The van der Waals surface area contributed by atoms with Crippen molar-refractivity contribution in [3.63, 3.8) is 0 Å². The largest absolute Gasteiger partial charge is 0.480 e. The van der Waals surface area contributed by atoms with Crippen molar-refractivity contribution in [2.75, 3.05) is 73.2 Å². The number of nitrogens with zero attached hydrogens (tertiary/aromatic N) is 7. The van der Waals surface area contributed by atoms with Crippen LogP contribution in [0.15, 0.2) is 134 Å². The molecule has 4 aromatic carbocycles. The topological polar surface area (TPSA) is 249 Å². The summed E-state index contributed by atoms with van der Waals surface area (Å²) in [6, 6.07) is 34.6. The van der Waals surface area contributed by atoms with Crippen LogP contribution in [0.5, 0.6) is 0 Å². The van der Waals surface area contributed by atoms with Crippen molar-refractivity contribution in [1.29, 1.82) is 0 Å². The number of hydrogen-bond acceptors (Lipinski definition) is 14. The summed E-state index contributed by atoms with van der Waals surface area (Å²) in [6.07, 6.45) is 0.906. The molecule has 454 valence electrons. The first-order valence-corrected chi connectivity index (χ1v) is 28.3. The van der Waals surface area contributed by atoms with Gasteiger partial charge in [0.2, 0.25) is 29.5 Å². The average molecular weight is 1170 g/mol. The first kappa shape index (κ1) is 64.1. The van der Waals surface area contributed by atoms with Gasteiger partial charge >= 0.3 is 18.0 Å². The summed E-state index contributed by atoms with van der Waals surface area (Å²) in [4.78, 5) is 123. The van der Waals surface area contributed by atoms with Crippen LogP contribution in [-0.4, -0.2) is 196 Å². The van der Waals surface area contributed by atoms with Crippen molar-refractivity contribution in [2.24, 2.45) is 0 Å². The van der Waals surface area contributed by atoms with E-state index in [9.17, 15) is 33.9 Å². The minimum absolute atomic E-state index is 0.0917. The predicted octanol–water partition coefficient (Wildman–Crippen LogP) is 5.11. The third kappa shape index (κ3) is 16.9. The molecule has 3 atom stereocenters. The molecule has 2 fully saturated rings. The van der Waals surface area contributed by atoms with Gasteiger partial charge in [0.1, 0.15) is 49.0 Å². The fourth-order valence-corrected chi connectivity index (χ4v) is 10.5. The Morgan fingerprint density at radius 1 is 0.682 bits per heavy atom. The molecule has 1 aromatic heterocycles. The number of aliphatic carboxylic acids is 1. The molecule has 2 saturated heterocycles. The van der Waals surface area contributed by atoms with Crippen LogP contribution >= 0.6 is 0 Å². The number of imidazole rings is 1. The Balaban J connectivity index is 1.24. The molecule has 0 radical (unpaired) electrons. The SMILES string of the molecule is COC(CN(CC(=O)N1CCN(CC(=O)N2CCN(CC(=O)O)C(=O)[C@@H]2CCC(=O)OC(C)(C)C)C(=O)[C@@H]1Cc1cn(C(c2ccccc2)(c2ccccc2)c2ccccc2)cn1)C(=O)[C@H](COC(C)(C)C)NC(=O)OCc1ccccc1)OC. The maximum Gasteiger partial charge on any atom is 0.408 e. The molecule has 5 aromatic rings. The number of amides is 6. The van der Waals surface area contributed by atoms with Crippen LogP contribution < -0.4 is 5.32 Å². The maximum atomic E-state index is 15.4. The van der Waals surface area contributed by atoms with Gasteiger partial charge in [-0.2, -0.15) is 0 Å². The van der Waals surface area contributed by atoms with Crippen molar-refractivity contribution >= 4 is 47.6 Å². The lowest BCUT2D eigenvalue weighted by atomic mass is 9.77. The van der Waals surface area contributed by atoms with Gasteiger partial charge in [-0.3, -0.25) is 33.6 Å². The zero-order valence-corrected chi connectivity index (χ0v) is 49.6. The molecule has 0 saturated carbocycles. The number of nitrogens with one attached hydrogen (secondary N) is 1. The van der Waals surface area contributed by atoms with Crippen molar-refractivity contribution in [3.05, 3.63) is 162 Å². The molecule has 85 heavy (non-hydrogen) atoms. The maximum absolute atomic E-state index is 15.4. The Hall–Kier alpha value is -8.47. The van der Waals surface area contributed by atoms with Crippen LogP contribution in [0.2, 0.25) is 0 Å². The Morgan fingerprint density at radius 3 is 1.72 bits per heavy atom. The van der Waals surface area contributed by atoms with Crippen molar-refractivity contribution in [1.82, 2.24) is 39.4 Å². The van der Waals surface area contributed by atoms with Gasteiger partial charge in [-0.1, -0.05) is 121 Å². The third-order valence-electron chi connectivity index (χ3n) is 14.5. The van der Waals surface area contributed by atoms with E-state index >= 15 is 9.59 Å². The molecule has 22 nitrogen and oxygen atoms in total. The zero-order valence-electron chi connectivity index (χ0n) is 49.6. The van der Waals surface area contributed by atoms with Gasteiger partial charge in [0.15, 0.2) is 6.29 Å². The lowest BCUT2D eigenvalue weighted by Gasteiger charge is -2.43. The van der Waals surface area contributed by atoms with E-state index in [0.717, 1.165) is 26.5 Å². The number of methoxy groups -OCH3 is 2. The lowest BCUT2D eigenvalue weighted by molar-refractivity contribution is -0.162. The van der Waals surface area contributed by atoms with Crippen molar-refractivity contribution in [3.8, 4) is 0 Å². The molecule has 2 N–H and O–H groups in total. The van der Waals surface area contributed by atoms with E-state index < -0.39 is 108 Å². The number of carboxylic acid groups (broad SMARTS) is 1. The summed E-state index contributed by atoms with van der Waals surface area (Å²) < 4.78 is 30.1. The summed E-state index contributed by atoms with van der Waals surface area (Å²) in [7, 11) is 2.73. The first-order chi connectivity index (χ1) is 40.5. The summed E-state index contributed by atoms with van der Waals surface area (Å²) >= 11 is 0. The smallest absolute Gasteiger partial charge is 0.408 e. The molecule has 2 aliphatic heterocycles. The lowest BCUT2D eigenvalue weighted by Crippen LogP contribution is -2.64. The molecule has 6 amide bonds. The molecule has 2 aliphatic rings. The van der Waals surface area contributed by atoms with Gasteiger partial charge in [0.25, 0.3) is 0 Å². The Labute approximate surface area is 495 Å². The Bertz CT molecular complexity index is 2980. The third-order valence-corrected chi connectivity index (χ3v) is 14.5. The van der Waals surface area contributed by atoms with E-state index in [-0.39, 0.29) is 65.2 Å². The van der Waals surface area contributed by atoms with Gasteiger partial charge in [0, 0.05) is 59.4 Å². The zero-order chi connectivity index (χ0) is 61.5. The van der Waals surface area contributed by atoms with Crippen LogP contribution in [-0.2, 0) is 75.8 Å². The second kappa shape index (κ2) is 28.9. The number of carbonyl (C=O) groups is 8. The first-order valence-electron chi connectivity index (χ1n) is 28.3. The number of piperazine rings is 2. The molecule has 22 heteroatoms. The predicted molar refractivity (Wildman–Crippen MR) is 311 cm³/mol. The highest BCUT2D eigenvalue weighted by Crippen LogP contribution is 2.41. The van der Waals surface area contributed by atoms with Crippen LogP contribution in [0.1, 0.15) is 82.3 Å². The summed E-state index contributed by atoms with van der Waals surface area (Å²) in [5.41, 5.74) is 1.19. The number of ether oxygens (including phenoxy) is 5. The second-order valence-corrected chi connectivity index (χ2v) is 22.8. The fraction of sp³-hybridized carbons (Fsp3) is 0.444. The molecule has 3 heterocycles. The van der Waals surface area contributed by atoms with Crippen LogP contribution in [0.25, 0.3) is 0 Å². The number of rotatable bonds is 25. The molecular weight excluding hydrogens is 1090 g/mol. The summed E-state index contributed by atoms with van der Waals surface area (Å²) in [5.74, 6) is -5.27. The number of esters is 1. The van der Waals surface area contributed by atoms with Gasteiger partial charge in [-0.05, 0) is 70.2 Å². The standard InChI is InChI=1S/C63H78N8O14/c1-61(2,3)84-42-49(65-60(80)83-41-44-21-13-9-14-22-44)57(77)68(40-56(81-7)82-8)38-53(73)71-34-31-66(37-52(72)70-33-32-67(39-54(74)75)58(78)50(70)29-30-55(76)85-62(4,5)6)59(79)51(71)35-48-36-69(43-64-48)63(45-23-15-10-16-24-45,46-25-17-11-18-26-46)47-27-19-12-20-28-47/h9-28,36,43,49-51,56H,29-35,37-42H2,1-8H3,(H,65,80)(H,74,75)/t49-,50-,51-/m0/s1. The number of hydrogen-bond donors (Lipinski definition) is 2. The minimum atomic E-state index is -1.39. The summed E-state index contributed by atoms with van der Waals surface area (Å²) in [6.45, 7) is 7.35. The van der Waals surface area contributed by atoms with E-state index in [2.05, 4.69) is 5.32 Å². The van der Waals surface area contributed by atoms with Gasteiger partial charge in [-0.25, -0.2) is 9.78 Å². The molecule has 0 spiro atoms.